The van der Waals surface area contributed by atoms with Gasteiger partial charge in [0, 0.05) is 3.57 Å². The van der Waals surface area contributed by atoms with E-state index in [1.807, 2.05) is 31.2 Å². The number of esters is 1. The van der Waals surface area contributed by atoms with Crippen LogP contribution in [0.25, 0.3) is 0 Å². The van der Waals surface area contributed by atoms with Crippen LogP contribution in [0, 0.1) is 3.57 Å². The Morgan fingerprint density at radius 3 is 2.77 bits per heavy atom. The van der Waals surface area contributed by atoms with Crippen molar-refractivity contribution in [3.05, 3.63) is 33.4 Å². The molecular formula is C10H11IO2. The summed E-state index contributed by atoms with van der Waals surface area (Å²) >= 11 is 2.21. The van der Waals surface area contributed by atoms with Gasteiger partial charge in [-0.1, -0.05) is 18.2 Å². The molecule has 1 aromatic rings. The van der Waals surface area contributed by atoms with Gasteiger partial charge in [-0.25, -0.2) is 0 Å². The molecule has 0 bridgehead atoms. The van der Waals surface area contributed by atoms with E-state index in [9.17, 15) is 4.79 Å². The van der Waals surface area contributed by atoms with E-state index in [0.717, 1.165) is 9.13 Å². The molecule has 0 aliphatic heterocycles. The van der Waals surface area contributed by atoms with Crippen molar-refractivity contribution in [3.63, 3.8) is 0 Å². The minimum Gasteiger partial charge on any atom is -0.466 e. The van der Waals surface area contributed by atoms with Crippen LogP contribution in [-0.4, -0.2) is 12.6 Å². The van der Waals surface area contributed by atoms with E-state index >= 15 is 0 Å². The molecule has 0 aliphatic rings. The Morgan fingerprint density at radius 1 is 1.46 bits per heavy atom. The summed E-state index contributed by atoms with van der Waals surface area (Å²) in [6.07, 6.45) is 0.368. The first-order valence-corrected chi connectivity index (χ1v) is 5.21. The van der Waals surface area contributed by atoms with Crippen molar-refractivity contribution in [2.75, 3.05) is 6.61 Å². The Kier molecular flexibility index (Phi) is 4.21. The van der Waals surface area contributed by atoms with Crippen molar-refractivity contribution in [1.82, 2.24) is 0 Å². The van der Waals surface area contributed by atoms with Crippen LogP contribution in [0.3, 0.4) is 0 Å². The number of rotatable bonds is 3. The molecule has 0 N–H and O–H groups in total. The van der Waals surface area contributed by atoms with E-state index in [4.69, 9.17) is 4.74 Å². The highest BCUT2D eigenvalue weighted by atomic mass is 127. The molecule has 0 unspecified atom stereocenters. The van der Waals surface area contributed by atoms with Gasteiger partial charge in [-0.2, -0.15) is 0 Å². The van der Waals surface area contributed by atoms with Gasteiger partial charge in [-0.3, -0.25) is 4.79 Å². The van der Waals surface area contributed by atoms with E-state index in [2.05, 4.69) is 22.6 Å². The maximum Gasteiger partial charge on any atom is 0.310 e. The van der Waals surface area contributed by atoms with E-state index in [0.29, 0.717) is 13.0 Å². The van der Waals surface area contributed by atoms with Crippen LogP contribution in [0.4, 0.5) is 0 Å². The number of carbonyl (C=O) groups excluding carboxylic acids is 1. The van der Waals surface area contributed by atoms with Crippen molar-refractivity contribution in [1.29, 1.82) is 0 Å². The Hall–Kier alpha value is -0.580. The van der Waals surface area contributed by atoms with Crippen molar-refractivity contribution in [3.8, 4) is 0 Å². The van der Waals surface area contributed by atoms with Gasteiger partial charge in [0.25, 0.3) is 0 Å². The number of halogens is 1. The summed E-state index contributed by atoms with van der Waals surface area (Å²) in [5, 5.41) is 0. The van der Waals surface area contributed by atoms with Crippen LogP contribution in [0.15, 0.2) is 24.3 Å². The van der Waals surface area contributed by atoms with Crippen molar-refractivity contribution in [2.24, 2.45) is 0 Å². The first-order valence-electron chi connectivity index (χ1n) is 4.13. The van der Waals surface area contributed by atoms with Crippen LogP contribution in [0.2, 0.25) is 0 Å². The lowest BCUT2D eigenvalue weighted by atomic mass is 10.2. The Labute approximate surface area is 91.4 Å². The molecule has 2 nitrogen and oxygen atoms in total. The predicted molar refractivity (Wildman–Crippen MR) is 59.5 cm³/mol. The van der Waals surface area contributed by atoms with Gasteiger partial charge < -0.3 is 4.74 Å². The molecule has 0 saturated carbocycles. The molecule has 0 fully saturated rings. The summed E-state index contributed by atoms with van der Waals surface area (Å²) < 4.78 is 5.96. The molecule has 0 heterocycles. The van der Waals surface area contributed by atoms with E-state index < -0.39 is 0 Å². The van der Waals surface area contributed by atoms with Gasteiger partial charge in [-0.15, -0.1) is 0 Å². The smallest absolute Gasteiger partial charge is 0.310 e. The maximum atomic E-state index is 11.1. The van der Waals surface area contributed by atoms with Crippen LogP contribution in [0.5, 0.6) is 0 Å². The number of benzene rings is 1. The average Bonchev–Trinajstić information content (AvgIpc) is 2.09. The molecule has 0 spiro atoms. The number of hydrogen-bond acceptors (Lipinski definition) is 2. The Balaban J connectivity index is 2.63. The van der Waals surface area contributed by atoms with Crippen molar-refractivity contribution < 1.29 is 9.53 Å². The Bertz CT molecular complexity index is 297. The first-order chi connectivity index (χ1) is 6.24. The summed E-state index contributed by atoms with van der Waals surface area (Å²) in [6.45, 7) is 2.26. The van der Waals surface area contributed by atoms with E-state index in [1.165, 1.54) is 0 Å². The van der Waals surface area contributed by atoms with Crippen LogP contribution in [0.1, 0.15) is 12.5 Å². The van der Waals surface area contributed by atoms with Crippen LogP contribution in [-0.2, 0) is 16.0 Å². The lowest BCUT2D eigenvalue weighted by molar-refractivity contribution is -0.142. The molecule has 3 heteroatoms. The quantitative estimate of drug-likeness (QED) is 0.631. The zero-order chi connectivity index (χ0) is 9.68. The molecule has 1 aromatic carbocycles. The van der Waals surface area contributed by atoms with Gasteiger partial charge in [0.15, 0.2) is 0 Å². The summed E-state index contributed by atoms with van der Waals surface area (Å²) in [5.41, 5.74) is 1.03. The summed E-state index contributed by atoms with van der Waals surface area (Å²) in [5.74, 6) is -0.161. The number of ether oxygens (including phenoxy) is 1. The van der Waals surface area contributed by atoms with Gasteiger partial charge in [0.1, 0.15) is 0 Å². The molecule has 1 rings (SSSR count). The minimum atomic E-state index is -0.161. The molecular weight excluding hydrogens is 279 g/mol. The topological polar surface area (TPSA) is 26.3 Å². The average molecular weight is 290 g/mol. The third-order valence-electron chi connectivity index (χ3n) is 1.60. The zero-order valence-corrected chi connectivity index (χ0v) is 9.58. The Morgan fingerprint density at radius 2 is 2.15 bits per heavy atom. The van der Waals surface area contributed by atoms with Gasteiger partial charge >= 0.3 is 5.97 Å². The molecule has 0 aliphatic carbocycles. The fourth-order valence-corrected chi connectivity index (χ4v) is 1.59. The standard InChI is InChI=1S/C10H11IO2/c1-2-13-10(12)7-8-5-3-4-6-9(8)11/h3-6H,2,7H2,1H3. The minimum absolute atomic E-state index is 0.161. The highest BCUT2D eigenvalue weighted by molar-refractivity contribution is 14.1. The SMILES string of the molecule is CCOC(=O)Cc1ccccc1I. The molecule has 0 radical (unpaired) electrons. The zero-order valence-electron chi connectivity index (χ0n) is 7.42. The molecule has 0 amide bonds. The normalized spacial score (nSPS) is 9.69. The third kappa shape index (κ3) is 3.34. The van der Waals surface area contributed by atoms with E-state index in [1.54, 1.807) is 0 Å². The van der Waals surface area contributed by atoms with Gasteiger partial charge in [-0.05, 0) is 41.1 Å². The summed E-state index contributed by atoms with van der Waals surface area (Å²) in [4.78, 5) is 11.1. The highest BCUT2D eigenvalue weighted by Crippen LogP contribution is 2.12. The van der Waals surface area contributed by atoms with Crippen molar-refractivity contribution >= 4 is 28.6 Å². The second kappa shape index (κ2) is 5.21. The fraction of sp³-hybridized carbons (Fsp3) is 0.300. The molecule has 0 aromatic heterocycles. The number of carbonyl (C=O) groups is 1. The predicted octanol–water partition coefficient (Wildman–Crippen LogP) is 2.40. The highest BCUT2D eigenvalue weighted by Gasteiger charge is 2.05. The van der Waals surface area contributed by atoms with E-state index in [-0.39, 0.29) is 5.97 Å². The molecule has 13 heavy (non-hydrogen) atoms. The maximum absolute atomic E-state index is 11.1. The molecule has 70 valence electrons. The lowest BCUT2D eigenvalue weighted by Crippen LogP contribution is -2.08. The van der Waals surface area contributed by atoms with Crippen LogP contribution >= 0.6 is 22.6 Å². The fourth-order valence-electron chi connectivity index (χ4n) is 1.01. The lowest BCUT2D eigenvalue weighted by Gasteiger charge is -2.03. The first kappa shape index (κ1) is 10.5. The third-order valence-corrected chi connectivity index (χ3v) is 2.65. The monoisotopic (exact) mass is 290 g/mol. The summed E-state index contributed by atoms with van der Waals surface area (Å²) in [6, 6.07) is 7.81. The van der Waals surface area contributed by atoms with Crippen molar-refractivity contribution in [2.45, 2.75) is 13.3 Å². The van der Waals surface area contributed by atoms with Gasteiger partial charge in [0.05, 0.1) is 13.0 Å². The molecule has 0 atom stereocenters. The molecule has 0 saturated heterocycles. The summed E-state index contributed by atoms with van der Waals surface area (Å²) in [7, 11) is 0. The second-order valence-corrected chi connectivity index (χ2v) is 3.74. The van der Waals surface area contributed by atoms with Gasteiger partial charge in [0.2, 0.25) is 0 Å². The number of hydrogen-bond donors (Lipinski definition) is 0. The largest absolute Gasteiger partial charge is 0.466 e. The second-order valence-electron chi connectivity index (χ2n) is 2.57. The van der Waals surface area contributed by atoms with Crippen LogP contribution < -0.4 is 0 Å².